The van der Waals surface area contributed by atoms with Crippen LogP contribution in [0.5, 0.6) is 0 Å². The highest BCUT2D eigenvalue weighted by Crippen LogP contribution is 2.29. The number of nitrogens with two attached hydrogens (primary N) is 1. The van der Waals surface area contributed by atoms with Gasteiger partial charge in [0.2, 0.25) is 0 Å². The van der Waals surface area contributed by atoms with Crippen LogP contribution < -0.4 is 10.6 Å². The van der Waals surface area contributed by atoms with Crippen LogP contribution in [0, 0.1) is 19.7 Å². The molecule has 2 rings (SSSR count). The third kappa shape index (κ3) is 3.42. The monoisotopic (exact) mass is 286 g/mol. The van der Waals surface area contributed by atoms with Crippen molar-refractivity contribution in [3.05, 3.63) is 65.0 Å². The second-order valence-electron chi connectivity index (χ2n) is 5.41. The van der Waals surface area contributed by atoms with Crippen LogP contribution in [0.3, 0.4) is 0 Å². The maximum Gasteiger partial charge on any atom is 0.146 e. The molecule has 0 aliphatic carbocycles. The summed E-state index contributed by atoms with van der Waals surface area (Å²) >= 11 is 0. The third-order valence-corrected chi connectivity index (χ3v) is 3.73. The van der Waals surface area contributed by atoms with Crippen molar-refractivity contribution in [3.63, 3.8) is 0 Å². The second-order valence-corrected chi connectivity index (χ2v) is 5.41. The van der Waals surface area contributed by atoms with E-state index in [4.69, 9.17) is 5.73 Å². The number of anilines is 1. The molecule has 0 fully saturated rings. The fraction of sp³-hybridized carbons (Fsp3) is 0.333. The molecule has 0 amide bonds. The van der Waals surface area contributed by atoms with Crippen molar-refractivity contribution in [1.29, 1.82) is 0 Å². The van der Waals surface area contributed by atoms with E-state index in [1.165, 1.54) is 17.2 Å². The molecular weight excluding hydrogens is 263 g/mol. The highest BCUT2D eigenvalue weighted by atomic mass is 19.1. The first-order valence-corrected chi connectivity index (χ1v) is 7.36. The number of hydrogen-bond donors (Lipinski definition) is 1. The molecule has 0 heterocycles. The van der Waals surface area contributed by atoms with E-state index < -0.39 is 0 Å². The lowest BCUT2D eigenvalue weighted by atomic mass is 9.99. The second kappa shape index (κ2) is 6.72. The number of nitrogens with zero attached hydrogens (tertiary/aromatic N) is 1. The summed E-state index contributed by atoms with van der Waals surface area (Å²) in [6.07, 6.45) is 0. The predicted molar refractivity (Wildman–Crippen MR) is 87.1 cm³/mol. The summed E-state index contributed by atoms with van der Waals surface area (Å²) in [7, 11) is 0. The zero-order valence-electron chi connectivity index (χ0n) is 12.9. The van der Waals surface area contributed by atoms with Gasteiger partial charge in [0.25, 0.3) is 0 Å². The van der Waals surface area contributed by atoms with E-state index in [0.717, 1.165) is 5.56 Å². The van der Waals surface area contributed by atoms with Crippen LogP contribution in [-0.2, 0) is 0 Å². The van der Waals surface area contributed by atoms with Crippen molar-refractivity contribution in [1.82, 2.24) is 0 Å². The fourth-order valence-electron chi connectivity index (χ4n) is 2.89. The Morgan fingerprint density at radius 2 is 1.71 bits per heavy atom. The minimum absolute atomic E-state index is 0.0227. The van der Waals surface area contributed by atoms with E-state index in [-0.39, 0.29) is 11.9 Å². The largest absolute Gasteiger partial charge is 0.361 e. The normalized spacial score (nSPS) is 12.2. The Hall–Kier alpha value is -1.87. The van der Waals surface area contributed by atoms with Gasteiger partial charge in [-0.05, 0) is 38.5 Å². The van der Waals surface area contributed by atoms with Gasteiger partial charge >= 0.3 is 0 Å². The average Bonchev–Trinajstić information content (AvgIpc) is 2.44. The molecule has 3 heteroatoms. The van der Waals surface area contributed by atoms with E-state index in [2.05, 4.69) is 32.0 Å². The number of likely N-dealkylation sites (N-methyl/N-ethyl adjacent to an activating group) is 1. The summed E-state index contributed by atoms with van der Waals surface area (Å²) in [4.78, 5) is 2.03. The molecule has 0 saturated heterocycles. The lowest BCUT2D eigenvalue weighted by molar-refractivity contribution is 0.588. The zero-order chi connectivity index (χ0) is 15.4. The molecule has 0 aliphatic rings. The first kappa shape index (κ1) is 15.5. The van der Waals surface area contributed by atoms with Crippen LogP contribution in [0.15, 0.2) is 42.5 Å². The lowest BCUT2D eigenvalue weighted by Crippen LogP contribution is -2.34. The van der Waals surface area contributed by atoms with Crippen molar-refractivity contribution in [3.8, 4) is 0 Å². The summed E-state index contributed by atoms with van der Waals surface area (Å²) < 4.78 is 14.1. The van der Waals surface area contributed by atoms with Crippen molar-refractivity contribution in [2.24, 2.45) is 5.73 Å². The number of para-hydroxylation sites is 1. The summed E-state index contributed by atoms with van der Waals surface area (Å²) in [5, 5.41) is 0. The van der Waals surface area contributed by atoms with E-state index >= 15 is 0 Å². The summed E-state index contributed by atoms with van der Waals surface area (Å²) in [5.74, 6) is -0.206. The zero-order valence-corrected chi connectivity index (χ0v) is 12.9. The van der Waals surface area contributed by atoms with E-state index in [0.29, 0.717) is 18.8 Å². The van der Waals surface area contributed by atoms with Crippen molar-refractivity contribution >= 4 is 5.69 Å². The SMILES string of the molecule is CCN(c1ccccc1F)C(CN)c1cc(C)cc(C)c1. The third-order valence-electron chi connectivity index (χ3n) is 3.73. The first-order chi connectivity index (χ1) is 10.1. The van der Waals surface area contributed by atoms with Crippen LogP contribution in [0.1, 0.15) is 29.7 Å². The topological polar surface area (TPSA) is 29.3 Å². The molecule has 0 bridgehead atoms. The van der Waals surface area contributed by atoms with Gasteiger partial charge in [-0.15, -0.1) is 0 Å². The van der Waals surface area contributed by atoms with Crippen LogP contribution in [0.2, 0.25) is 0 Å². The van der Waals surface area contributed by atoms with Gasteiger partial charge in [0.05, 0.1) is 11.7 Å². The Morgan fingerprint density at radius 3 is 2.24 bits per heavy atom. The smallest absolute Gasteiger partial charge is 0.146 e. The van der Waals surface area contributed by atoms with Gasteiger partial charge in [0, 0.05) is 13.1 Å². The predicted octanol–water partition coefficient (Wildman–Crippen LogP) is 3.97. The Balaban J connectivity index is 2.45. The van der Waals surface area contributed by atoms with E-state index in [1.807, 2.05) is 24.0 Å². The van der Waals surface area contributed by atoms with E-state index in [9.17, 15) is 4.39 Å². The Labute approximate surface area is 126 Å². The van der Waals surface area contributed by atoms with Crippen molar-refractivity contribution in [2.75, 3.05) is 18.0 Å². The first-order valence-electron chi connectivity index (χ1n) is 7.36. The molecule has 0 aromatic heterocycles. The Morgan fingerprint density at radius 1 is 1.10 bits per heavy atom. The van der Waals surface area contributed by atoms with Gasteiger partial charge in [0.1, 0.15) is 5.82 Å². The van der Waals surface area contributed by atoms with Gasteiger partial charge in [-0.2, -0.15) is 0 Å². The van der Waals surface area contributed by atoms with E-state index in [1.54, 1.807) is 6.07 Å². The Bertz CT molecular complexity index is 590. The molecule has 0 spiro atoms. The molecular formula is C18H23FN2. The number of rotatable bonds is 5. The van der Waals surface area contributed by atoms with Crippen LogP contribution >= 0.6 is 0 Å². The van der Waals surface area contributed by atoms with Crippen molar-refractivity contribution in [2.45, 2.75) is 26.8 Å². The molecule has 0 radical (unpaired) electrons. The highest BCUT2D eigenvalue weighted by molar-refractivity contribution is 5.50. The summed E-state index contributed by atoms with van der Waals surface area (Å²) in [6, 6.07) is 13.2. The summed E-state index contributed by atoms with van der Waals surface area (Å²) in [6.45, 7) is 7.32. The molecule has 21 heavy (non-hydrogen) atoms. The van der Waals surface area contributed by atoms with Crippen LogP contribution in [0.25, 0.3) is 0 Å². The molecule has 112 valence electrons. The van der Waals surface area contributed by atoms with Crippen LogP contribution in [-0.4, -0.2) is 13.1 Å². The summed E-state index contributed by atoms with van der Waals surface area (Å²) in [5.41, 5.74) is 10.2. The molecule has 0 saturated carbocycles. The molecule has 0 aliphatic heterocycles. The molecule has 2 aromatic carbocycles. The lowest BCUT2D eigenvalue weighted by Gasteiger charge is -2.33. The quantitative estimate of drug-likeness (QED) is 0.901. The van der Waals surface area contributed by atoms with Gasteiger partial charge in [-0.1, -0.05) is 41.5 Å². The number of halogens is 1. The van der Waals surface area contributed by atoms with Crippen LogP contribution in [0.4, 0.5) is 10.1 Å². The van der Waals surface area contributed by atoms with Crippen molar-refractivity contribution < 1.29 is 4.39 Å². The highest BCUT2D eigenvalue weighted by Gasteiger charge is 2.21. The van der Waals surface area contributed by atoms with Gasteiger partial charge in [-0.25, -0.2) is 4.39 Å². The van der Waals surface area contributed by atoms with Gasteiger partial charge < -0.3 is 10.6 Å². The average molecular weight is 286 g/mol. The molecule has 2 nitrogen and oxygen atoms in total. The number of hydrogen-bond acceptors (Lipinski definition) is 2. The fourth-order valence-corrected chi connectivity index (χ4v) is 2.89. The molecule has 2 N–H and O–H groups in total. The minimum Gasteiger partial charge on any atom is -0.361 e. The van der Waals surface area contributed by atoms with Gasteiger partial charge in [-0.3, -0.25) is 0 Å². The standard InChI is InChI=1S/C18H23FN2/c1-4-21(17-8-6-5-7-16(17)19)18(12-20)15-10-13(2)9-14(3)11-15/h5-11,18H,4,12,20H2,1-3H3. The maximum absolute atomic E-state index is 14.1. The molecule has 1 atom stereocenters. The minimum atomic E-state index is -0.206. The Kier molecular flexibility index (Phi) is 4.97. The van der Waals surface area contributed by atoms with Gasteiger partial charge in [0.15, 0.2) is 0 Å². The number of aryl methyl sites for hydroxylation is 2. The molecule has 2 aromatic rings. The maximum atomic E-state index is 14.1. The molecule has 1 unspecified atom stereocenters. The number of benzene rings is 2.